The number of amides is 1. The summed E-state index contributed by atoms with van der Waals surface area (Å²) in [5, 5.41) is 3.80. The van der Waals surface area contributed by atoms with Crippen LogP contribution in [0, 0.1) is 0 Å². The molecule has 1 heterocycles. The highest BCUT2D eigenvalue weighted by atomic mass is 32.1. The number of fused-ring (bicyclic) bond motifs is 1. The van der Waals surface area contributed by atoms with Crippen molar-refractivity contribution in [1.82, 2.24) is 4.98 Å². The summed E-state index contributed by atoms with van der Waals surface area (Å²) in [7, 11) is 0. The number of nitrogens with one attached hydrogen (secondary N) is 1. The van der Waals surface area contributed by atoms with Crippen LogP contribution in [0.3, 0.4) is 0 Å². The van der Waals surface area contributed by atoms with Crippen molar-refractivity contribution in [2.24, 2.45) is 0 Å². The average Bonchev–Trinajstić information content (AvgIpc) is 3.14. The summed E-state index contributed by atoms with van der Waals surface area (Å²) in [5.41, 5.74) is 3.11. The van der Waals surface area contributed by atoms with E-state index in [1.54, 1.807) is 11.3 Å². The minimum Gasteiger partial charge on any atom is -0.494 e. The Kier molecular flexibility index (Phi) is 4.85. The molecule has 3 aromatic carbocycles. The predicted molar refractivity (Wildman–Crippen MR) is 111 cm³/mol. The largest absolute Gasteiger partial charge is 0.494 e. The van der Waals surface area contributed by atoms with Crippen LogP contribution in [0.15, 0.2) is 72.8 Å². The monoisotopic (exact) mass is 374 g/mol. The molecule has 1 N–H and O–H groups in total. The van der Waals surface area contributed by atoms with E-state index in [-0.39, 0.29) is 5.91 Å². The van der Waals surface area contributed by atoms with E-state index in [0.717, 1.165) is 32.2 Å². The van der Waals surface area contributed by atoms with Crippen LogP contribution in [-0.4, -0.2) is 17.5 Å². The summed E-state index contributed by atoms with van der Waals surface area (Å²) >= 11 is 1.59. The number of hydrogen-bond donors (Lipinski definition) is 1. The zero-order chi connectivity index (χ0) is 18.6. The first-order valence-electron chi connectivity index (χ1n) is 8.74. The highest BCUT2D eigenvalue weighted by molar-refractivity contribution is 7.21. The number of benzene rings is 3. The van der Waals surface area contributed by atoms with Crippen molar-refractivity contribution in [1.29, 1.82) is 0 Å². The normalized spacial score (nSPS) is 10.7. The van der Waals surface area contributed by atoms with Crippen molar-refractivity contribution in [3.8, 4) is 16.3 Å². The first-order valence-corrected chi connectivity index (χ1v) is 9.55. The molecule has 27 heavy (non-hydrogen) atoms. The third kappa shape index (κ3) is 3.68. The molecule has 0 aliphatic heterocycles. The molecule has 1 amide bonds. The van der Waals surface area contributed by atoms with Gasteiger partial charge in [0.15, 0.2) is 0 Å². The van der Waals surface area contributed by atoms with Crippen molar-refractivity contribution in [3.63, 3.8) is 0 Å². The van der Waals surface area contributed by atoms with Gasteiger partial charge < -0.3 is 10.1 Å². The summed E-state index contributed by atoms with van der Waals surface area (Å²) in [6.45, 7) is 2.55. The molecule has 0 bridgehead atoms. The standard InChI is InChI=1S/C22H18N2O2S/c1-2-26-16-13-11-15(12-14-16)23-21(25)17-7-3-4-8-18(17)22-24-19-9-5-6-10-20(19)27-22/h3-14H,2H2,1H3,(H,23,25). The van der Waals surface area contributed by atoms with E-state index in [4.69, 9.17) is 4.74 Å². The van der Waals surface area contributed by atoms with Crippen molar-refractivity contribution in [2.45, 2.75) is 6.92 Å². The molecule has 0 unspecified atom stereocenters. The summed E-state index contributed by atoms with van der Waals surface area (Å²) in [5.74, 6) is 0.624. The maximum atomic E-state index is 12.9. The van der Waals surface area contributed by atoms with Gasteiger partial charge >= 0.3 is 0 Å². The van der Waals surface area contributed by atoms with E-state index < -0.39 is 0 Å². The number of carbonyl (C=O) groups excluding carboxylic acids is 1. The van der Waals surface area contributed by atoms with Crippen molar-refractivity contribution in [3.05, 3.63) is 78.4 Å². The van der Waals surface area contributed by atoms with Gasteiger partial charge in [-0.3, -0.25) is 4.79 Å². The molecular formula is C22H18N2O2S. The Morgan fingerprint density at radius 1 is 1.00 bits per heavy atom. The molecular weight excluding hydrogens is 356 g/mol. The van der Waals surface area contributed by atoms with Gasteiger partial charge in [-0.2, -0.15) is 0 Å². The maximum absolute atomic E-state index is 12.9. The Bertz CT molecular complexity index is 1050. The molecule has 0 fully saturated rings. The van der Waals surface area contributed by atoms with Gasteiger partial charge in [0, 0.05) is 16.8 Å². The molecule has 0 spiro atoms. The number of rotatable bonds is 5. The number of carbonyl (C=O) groups is 1. The lowest BCUT2D eigenvalue weighted by Crippen LogP contribution is -2.13. The molecule has 0 saturated heterocycles. The fraction of sp³-hybridized carbons (Fsp3) is 0.0909. The molecule has 0 atom stereocenters. The number of anilines is 1. The summed E-state index contributed by atoms with van der Waals surface area (Å²) in [6, 6.07) is 22.9. The molecule has 1 aromatic heterocycles. The second kappa shape index (κ2) is 7.60. The van der Waals surface area contributed by atoms with Gasteiger partial charge in [-0.05, 0) is 49.4 Å². The second-order valence-corrected chi connectivity index (χ2v) is 6.97. The average molecular weight is 374 g/mol. The Balaban J connectivity index is 1.63. The Labute approximate surface area is 161 Å². The minimum absolute atomic E-state index is 0.158. The van der Waals surface area contributed by atoms with E-state index in [1.165, 1.54) is 0 Å². The summed E-state index contributed by atoms with van der Waals surface area (Å²) in [6.07, 6.45) is 0. The van der Waals surface area contributed by atoms with Crippen LogP contribution in [0.2, 0.25) is 0 Å². The van der Waals surface area contributed by atoms with Crippen molar-refractivity contribution >= 4 is 33.1 Å². The van der Waals surface area contributed by atoms with Crippen LogP contribution < -0.4 is 10.1 Å². The molecule has 134 valence electrons. The molecule has 4 nitrogen and oxygen atoms in total. The lowest BCUT2D eigenvalue weighted by Gasteiger charge is -2.09. The number of para-hydroxylation sites is 1. The first-order chi connectivity index (χ1) is 13.2. The topological polar surface area (TPSA) is 51.2 Å². The van der Waals surface area contributed by atoms with Crippen LogP contribution in [0.5, 0.6) is 5.75 Å². The lowest BCUT2D eigenvalue weighted by molar-refractivity contribution is 0.102. The SMILES string of the molecule is CCOc1ccc(NC(=O)c2ccccc2-c2nc3ccccc3s2)cc1. The molecule has 0 aliphatic carbocycles. The number of hydrogen-bond acceptors (Lipinski definition) is 4. The number of aromatic nitrogens is 1. The fourth-order valence-electron chi connectivity index (χ4n) is 2.85. The zero-order valence-electron chi connectivity index (χ0n) is 14.8. The van der Waals surface area contributed by atoms with Crippen LogP contribution in [0.4, 0.5) is 5.69 Å². The molecule has 4 rings (SSSR count). The summed E-state index contributed by atoms with van der Waals surface area (Å²) in [4.78, 5) is 17.6. The van der Waals surface area contributed by atoms with Crippen molar-refractivity contribution in [2.75, 3.05) is 11.9 Å². The van der Waals surface area contributed by atoms with Gasteiger partial charge in [0.25, 0.3) is 5.91 Å². The Morgan fingerprint density at radius 2 is 1.74 bits per heavy atom. The summed E-state index contributed by atoms with van der Waals surface area (Å²) < 4.78 is 6.54. The van der Waals surface area contributed by atoms with Crippen LogP contribution in [-0.2, 0) is 0 Å². The highest BCUT2D eigenvalue weighted by Gasteiger charge is 2.15. The van der Waals surface area contributed by atoms with Gasteiger partial charge in [-0.15, -0.1) is 11.3 Å². The second-order valence-electron chi connectivity index (χ2n) is 5.94. The number of ether oxygens (including phenoxy) is 1. The quantitative estimate of drug-likeness (QED) is 0.494. The van der Waals surface area contributed by atoms with Gasteiger partial charge in [-0.25, -0.2) is 4.98 Å². The minimum atomic E-state index is -0.158. The first kappa shape index (κ1) is 17.2. The number of thiazole rings is 1. The van der Waals surface area contributed by atoms with Crippen molar-refractivity contribution < 1.29 is 9.53 Å². The van der Waals surface area contributed by atoms with E-state index in [9.17, 15) is 4.79 Å². The molecule has 0 aliphatic rings. The smallest absolute Gasteiger partial charge is 0.256 e. The van der Waals surface area contributed by atoms with Crippen LogP contribution in [0.1, 0.15) is 17.3 Å². The zero-order valence-corrected chi connectivity index (χ0v) is 15.6. The molecule has 4 aromatic rings. The third-order valence-electron chi connectivity index (χ3n) is 4.12. The van der Waals surface area contributed by atoms with E-state index in [1.807, 2.05) is 79.7 Å². The lowest BCUT2D eigenvalue weighted by atomic mass is 10.1. The maximum Gasteiger partial charge on any atom is 0.256 e. The fourth-order valence-corrected chi connectivity index (χ4v) is 3.86. The van der Waals surface area contributed by atoms with E-state index in [0.29, 0.717) is 12.2 Å². The molecule has 5 heteroatoms. The highest BCUT2D eigenvalue weighted by Crippen LogP contribution is 2.32. The molecule has 0 radical (unpaired) electrons. The van der Waals surface area contributed by atoms with Crippen LogP contribution in [0.25, 0.3) is 20.8 Å². The van der Waals surface area contributed by atoms with Gasteiger partial charge in [0.05, 0.1) is 16.8 Å². The van der Waals surface area contributed by atoms with Gasteiger partial charge in [0.2, 0.25) is 0 Å². The van der Waals surface area contributed by atoms with E-state index in [2.05, 4.69) is 10.3 Å². The predicted octanol–water partition coefficient (Wildman–Crippen LogP) is 5.61. The number of nitrogens with zero attached hydrogens (tertiary/aromatic N) is 1. The van der Waals surface area contributed by atoms with Crippen LogP contribution >= 0.6 is 11.3 Å². The van der Waals surface area contributed by atoms with Gasteiger partial charge in [-0.1, -0.05) is 30.3 Å². The molecule has 0 saturated carbocycles. The Morgan fingerprint density at radius 3 is 2.52 bits per heavy atom. The van der Waals surface area contributed by atoms with Gasteiger partial charge in [0.1, 0.15) is 10.8 Å². The van der Waals surface area contributed by atoms with E-state index >= 15 is 0 Å². The third-order valence-corrected chi connectivity index (χ3v) is 5.19. The Hall–Kier alpha value is -3.18.